The molecule has 0 aromatic carbocycles. The molecule has 1 aliphatic heterocycles. The van der Waals surface area contributed by atoms with Crippen molar-refractivity contribution in [3.8, 4) is 0 Å². The number of furan rings is 1. The lowest BCUT2D eigenvalue weighted by Gasteiger charge is -2.26. The van der Waals surface area contributed by atoms with E-state index in [2.05, 4.69) is 25.7 Å². The van der Waals surface area contributed by atoms with Crippen LogP contribution in [0.4, 0.5) is 10.5 Å². The number of carbonyl (C=O) groups is 1. The number of rotatable bonds is 5. The van der Waals surface area contributed by atoms with Crippen LogP contribution in [0, 0.1) is 13.8 Å². The number of nitrogens with one attached hydrogen (secondary N) is 3. The first-order valence-electron chi connectivity index (χ1n) is 7.99. The lowest BCUT2D eigenvalue weighted by atomic mass is 10.2. The highest BCUT2D eigenvalue weighted by Crippen LogP contribution is 2.25. The van der Waals surface area contributed by atoms with Crippen molar-refractivity contribution in [2.45, 2.75) is 32.7 Å². The fourth-order valence-corrected chi connectivity index (χ4v) is 3.03. The predicted octanol–water partition coefficient (Wildman–Crippen LogP) is 2.58. The number of carbonyl (C=O) groups excluding carboxylic acids is 1. The molecular formula is C16H23N5O2. The molecule has 1 aliphatic rings. The van der Waals surface area contributed by atoms with E-state index in [-0.39, 0.29) is 12.1 Å². The standard InChI is InChI=1S/C16H23N5O2/c1-11-15(12(2)20-19-11)18-16(22)17-10-13(14-6-5-9-23-14)21-7-3-4-8-21/h5-6,9,13H,3-4,7-8,10H2,1-2H3,(H,19,20)(H2,17,18,22)/t13-/m1/s1. The third-order valence-corrected chi connectivity index (χ3v) is 4.28. The van der Waals surface area contributed by atoms with E-state index in [0.717, 1.165) is 35.9 Å². The Morgan fingerprint density at radius 2 is 2.22 bits per heavy atom. The van der Waals surface area contributed by atoms with Crippen LogP contribution in [-0.2, 0) is 0 Å². The van der Waals surface area contributed by atoms with Crippen LogP contribution in [-0.4, -0.2) is 40.8 Å². The summed E-state index contributed by atoms with van der Waals surface area (Å²) in [5.74, 6) is 0.892. The molecule has 7 heteroatoms. The Balaban J connectivity index is 1.61. The molecule has 0 saturated carbocycles. The molecule has 0 bridgehead atoms. The van der Waals surface area contributed by atoms with Gasteiger partial charge >= 0.3 is 6.03 Å². The van der Waals surface area contributed by atoms with E-state index in [9.17, 15) is 4.79 Å². The van der Waals surface area contributed by atoms with Crippen molar-refractivity contribution in [1.82, 2.24) is 20.4 Å². The number of urea groups is 1. The normalized spacial score (nSPS) is 16.4. The molecule has 124 valence electrons. The Morgan fingerprint density at radius 3 is 2.83 bits per heavy atom. The van der Waals surface area contributed by atoms with Gasteiger partial charge in [0.1, 0.15) is 5.76 Å². The molecule has 2 aromatic rings. The number of hydrogen-bond acceptors (Lipinski definition) is 4. The van der Waals surface area contributed by atoms with E-state index < -0.39 is 0 Å². The number of aromatic nitrogens is 2. The molecule has 7 nitrogen and oxygen atoms in total. The van der Waals surface area contributed by atoms with Crippen LogP contribution in [0.3, 0.4) is 0 Å². The Morgan fingerprint density at radius 1 is 1.43 bits per heavy atom. The molecular weight excluding hydrogens is 294 g/mol. The molecule has 3 heterocycles. The number of likely N-dealkylation sites (tertiary alicyclic amines) is 1. The second kappa shape index (κ2) is 6.87. The van der Waals surface area contributed by atoms with Gasteiger partial charge in [-0.2, -0.15) is 5.10 Å². The van der Waals surface area contributed by atoms with Gasteiger partial charge in [0.2, 0.25) is 0 Å². The van der Waals surface area contributed by atoms with E-state index >= 15 is 0 Å². The number of anilines is 1. The number of aryl methyl sites for hydroxylation is 2. The van der Waals surface area contributed by atoms with Crippen molar-refractivity contribution in [2.75, 3.05) is 25.0 Å². The Bertz CT molecular complexity index is 624. The summed E-state index contributed by atoms with van der Waals surface area (Å²) in [5.41, 5.74) is 2.36. The highest BCUT2D eigenvalue weighted by atomic mass is 16.3. The second-order valence-corrected chi connectivity index (χ2v) is 5.92. The van der Waals surface area contributed by atoms with Crippen LogP contribution in [0.5, 0.6) is 0 Å². The summed E-state index contributed by atoms with van der Waals surface area (Å²) in [5, 5.41) is 12.7. The molecule has 2 amide bonds. The van der Waals surface area contributed by atoms with E-state index in [1.54, 1.807) is 6.26 Å². The van der Waals surface area contributed by atoms with Gasteiger partial charge in [0.25, 0.3) is 0 Å². The van der Waals surface area contributed by atoms with Gasteiger partial charge in [-0.05, 0) is 51.9 Å². The van der Waals surface area contributed by atoms with Crippen LogP contribution >= 0.6 is 0 Å². The lowest BCUT2D eigenvalue weighted by Crippen LogP contribution is -2.38. The minimum absolute atomic E-state index is 0.0739. The van der Waals surface area contributed by atoms with Gasteiger partial charge in [0, 0.05) is 6.54 Å². The molecule has 1 fully saturated rings. The molecule has 3 N–H and O–H groups in total. The van der Waals surface area contributed by atoms with Gasteiger partial charge in [-0.1, -0.05) is 0 Å². The first-order chi connectivity index (χ1) is 11.1. The summed E-state index contributed by atoms with van der Waals surface area (Å²) in [6.07, 6.45) is 4.06. The van der Waals surface area contributed by atoms with Crippen LogP contribution in [0.1, 0.15) is 36.0 Å². The monoisotopic (exact) mass is 317 g/mol. The summed E-state index contributed by atoms with van der Waals surface area (Å²) >= 11 is 0. The van der Waals surface area contributed by atoms with Gasteiger partial charge < -0.3 is 15.1 Å². The second-order valence-electron chi connectivity index (χ2n) is 5.92. The molecule has 1 atom stereocenters. The van der Waals surface area contributed by atoms with Crippen molar-refractivity contribution < 1.29 is 9.21 Å². The zero-order valence-corrected chi connectivity index (χ0v) is 13.6. The fraction of sp³-hybridized carbons (Fsp3) is 0.500. The summed E-state index contributed by atoms with van der Waals surface area (Å²) in [6, 6.07) is 3.70. The maximum absolute atomic E-state index is 12.2. The first-order valence-corrected chi connectivity index (χ1v) is 7.99. The van der Waals surface area contributed by atoms with Crippen molar-refractivity contribution in [3.05, 3.63) is 35.5 Å². The van der Waals surface area contributed by atoms with E-state index in [4.69, 9.17) is 4.42 Å². The maximum Gasteiger partial charge on any atom is 0.319 e. The summed E-state index contributed by atoms with van der Waals surface area (Å²) in [4.78, 5) is 14.5. The average molecular weight is 317 g/mol. The number of aromatic amines is 1. The first kappa shape index (κ1) is 15.6. The number of amides is 2. The van der Waals surface area contributed by atoms with Gasteiger partial charge in [-0.3, -0.25) is 10.00 Å². The fourth-order valence-electron chi connectivity index (χ4n) is 3.03. The van der Waals surface area contributed by atoms with Crippen LogP contribution in [0.25, 0.3) is 0 Å². The molecule has 0 unspecified atom stereocenters. The maximum atomic E-state index is 12.2. The predicted molar refractivity (Wildman–Crippen MR) is 87.3 cm³/mol. The Kier molecular flexibility index (Phi) is 4.66. The highest BCUT2D eigenvalue weighted by Gasteiger charge is 2.26. The quantitative estimate of drug-likeness (QED) is 0.791. The number of H-pyrrole nitrogens is 1. The van der Waals surface area contributed by atoms with E-state index in [0.29, 0.717) is 6.54 Å². The summed E-state index contributed by atoms with van der Waals surface area (Å²) < 4.78 is 5.56. The third kappa shape index (κ3) is 3.56. The third-order valence-electron chi connectivity index (χ3n) is 4.28. The zero-order valence-electron chi connectivity index (χ0n) is 13.6. The van der Waals surface area contributed by atoms with Gasteiger partial charge in [-0.25, -0.2) is 4.79 Å². The molecule has 0 spiro atoms. The molecule has 0 aliphatic carbocycles. The Labute approximate surface area is 135 Å². The van der Waals surface area contributed by atoms with Crippen LogP contribution in [0.2, 0.25) is 0 Å². The van der Waals surface area contributed by atoms with Crippen LogP contribution < -0.4 is 10.6 Å². The van der Waals surface area contributed by atoms with Crippen molar-refractivity contribution in [3.63, 3.8) is 0 Å². The number of hydrogen-bond donors (Lipinski definition) is 3. The molecule has 1 saturated heterocycles. The van der Waals surface area contributed by atoms with Gasteiger partial charge in [0.15, 0.2) is 0 Å². The Hall–Kier alpha value is -2.28. The molecule has 0 radical (unpaired) electrons. The summed E-state index contributed by atoms with van der Waals surface area (Å²) in [7, 11) is 0. The largest absolute Gasteiger partial charge is 0.468 e. The molecule has 3 rings (SSSR count). The smallest absolute Gasteiger partial charge is 0.319 e. The average Bonchev–Trinajstić information content (AvgIpc) is 3.27. The van der Waals surface area contributed by atoms with Crippen LogP contribution in [0.15, 0.2) is 22.8 Å². The number of nitrogens with zero attached hydrogens (tertiary/aromatic N) is 2. The highest BCUT2D eigenvalue weighted by molar-refractivity contribution is 5.90. The SMILES string of the molecule is Cc1n[nH]c(C)c1NC(=O)NC[C@H](c1ccco1)N1CCCC1. The lowest BCUT2D eigenvalue weighted by molar-refractivity contribution is 0.207. The van der Waals surface area contributed by atoms with E-state index in [1.165, 1.54) is 12.8 Å². The zero-order chi connectivity index (χ0) is 16.2. The van der Waals surface area contributed by atoms with Gasteiger partial charge in [0.05, 0.1) is 29.4 Å². The minimum atomic E-state index is -0.228. The molecule has 2 aromatic heterocycles. The van der Waals surface area contributed by atoms with Crippen molar-refractivity contribution in [1.29, 1.82) is 0 Å². The molecule has 23 heavy (non-hydrogen) atoms. The minimum Gasteiger partial charge on any atom is -0.468 e. The van der Waals surface area contributed by atoms with Crippen molar-refractivity contribution >= 4 is 11.7 Å². The summed E-state index contributed by atoms with van der Waals surface area (Å²) in [6.45, 7) is 6.32. The van der Waals surface area contributed by atoms with E-state index in [1.807, 2.05) is 26.0 Å². The topological polar surface area (TPSA) is 86.2 Å². The van der Waals surface area contributed by atoms with Crippen molar-refractivity contribution in [2.24, 2.45) is 0 Å². The van der Waals surface area contributed by atoms with Gasteiger partial charge in [-0.15, -0.1) is 0 Å².